The van der Waals surface area contributed by atoms with Crippen molar-refractivity contribution in [3.05, 3.63) is 35.4 Å². The summed E-state index contributed by atoms with van der Waals surface area (Å²) in [5.41, 5.74) is 1.37. The topological polar surface area (TPSA) is 64.4 Å². The number of fused-ring (bicyclic) bond motifs is 2. The third-order valence-corrected chi connectivity index (χ3v) is 6.18. The van der Waals surface area contributed by atoms with Crippen molar-refractivity contribution in [3.63, 3.8) is 0 Å². The molecule has 3 atom stereocenters. The quantitative estimate of drug-likeness (QED) is 0.780. The molecular weight excluding hydrogens is 364 g/mol. The van der Waals surface area contributed by atoms with Gasteiger partial charge in [0.05, 0.1) is 12.5 Å². The first-order valence-corrected chi connectivity index (χ1v) is 9.83. The SMILES string of the molecule is N#CCc1cccc(C(=O)N2CC3CCC(C2)N3C(=O)CCC2CC2(F)F)c1. The van der Waals surface area contributed by atoms with E-state index in [-0.39, 0.29) is 49.6 Å². The van der Waals surface area contributed by atoms with E-state index in [1.165, 1.54) is 0 Å². The first-order valence-electron chi connectivity index (χ1n) is 9.83. The van der Waals surface area contributed by atoms with Crippen LogP contribution in [0.2, 0.25) is 0 Å². The number of likely N-dealkylation sites (tertiary alicyclic amines) is 1. The number of hydrogen-bond acceptors (Lipinski definition) is 3. The van der Waals surface area contributed by atoms with E-state index in [4.69, 9.17) is 5.26 Å². The first kappa shape index (κ1) is 18.9. The minimum absolute atomic E-state index is 0.0304. The minimum Gasteiger partial charge on any atom is -0.335 e. The lowest BCUT2D eigenvalue weighted by atomic mass is 10.1. The van der Waals surface area contributed by atoms with Gasteiger partial charge in [0.25, 0.3) is 11.8 Å². The summed E-state index contributed by atoms with van der Waals surface area (Å²) >= 11 is 0. The van der Waals surface area contributed by atoms with Gasteiger partial charge in [-0.1, -0.05) is 12.1 Å². The lowest BCUT2D eigenvalue weighted by Crippen LogP contribution is -2.57. The van der Waals surface area contributed by atoms with E-state index >= 15 is 0 Å². The highest BCUT2D eigenvalue weighted by atomic mass is 19.3. The molecule has 4 rings (SSSR count). The number of amides is 2. The summed E-state index contributed by atoms with van der Waals surface area (Å²) in [5.74, 6) is -3.36. The highest BCUT2D eigenvalue weighted by Crippen LogP contribution is 2.51. The van der Waals surface area contributed by atoms with Gasteiger partial charge in [0.2, 0.25) is 5.91 Å². The molecule has 1 aromatic carbocycles. The molecule has 7 heteroatoms. The molecule has 3 unspecified atom stereocenters. The van der Waals surface area contributed by atoms with Gasteiger partial charge >= 0.3 is 0 Å². The molecule has 2 aliphatic heterocycles. The summed E-state index contributed by atoms with van der Waals surface area (Å²) in [6.07, 6.45) is 2.25. The lowest BCUT2D eigenvalue weighted by Gasteiger charge is -2.41. The Kier molecular flexibility index (Phi) is 4.82. The molecule has 0 N–H and O–H groups in total. The maximum Gasteiger partial charge on any atom is 0.254 e. The molecule has 1 aromatic rings. The highest BCUT2D eigenvalue weighted by molar-refractivity contribution is 5.94. The van der Waals surface area contributed by atoms with Crippen LogP contribution in [0.4, 0.5) is 8.78 Å². The predicted molar refractivity (Wildman–Crippen MR) is 97.6 cm³/mol. The van der Waals surface area contributed by atoms with Gasteiger partial charge in [0.1, 0.15) is 0 Å². The normalized spacial score (nSPS) is 27.4. The van der Waals surface area contributed by atoms with Crippen molar-refractivity contribution >= 4 is 11.8 Å². The van der Waals surface area contributed by atoms with Crippen molar-refractivity contribution in [2.24, 2.45) is 5.92 Å². The summed E-state index contributed by atoms with van der Waals surface area (Å²) in [6, 6.07) is 9.13. The second-order valence-electron chi connectivity index (χ2n) is 8.13. The van der Waals surface area contributed by atoms with Crippen molar-refractivity contribution in [1.29, 1.82) is 5.26 Å². The minimum atomic E-state index is -2.58. The van der Waals surface area contributed by atoms with Gasteiger partial charge in [-0.3, -0.25) is 9.59 Å². The Hall–Kier alpha value is -2.49. The summed E-state index contributed by atoms with van der Waals surface area (Å²) in [7, 11) is 0. The molecule has 28 heavy (non-hydrogen) atoms. The number of halogens is 2. The highest BCUT2D eigenvalue weighted by Gasteiger charge is 2.56. The average molecular weight is 387 g/mol. The molecule has 2 saturated heterocycles. The summed E-state index contributed by atoms with van der Waals surface area (Å²) in [6.45, 7) is 0.951. The van der Waals surface area contributed by atoms with Crippen molar-refractivity contribution < 1.29 is 18.4 Å². The third kappa shape index (κ3) is 3.60. The zero-order chi connectivity index (χ0) is 19.9. The Morgan fingerprint density at radius 2 is 1.89 bits per heavy atom. The zero-order valence-electron chi connectivity index (χ0n) is 15.6. The molecule has 2 bridgehead atoms. The molecule has 1 aliphatic carbocycles. The van der Waals surface area contributed by atoms with Crippen LogP contribution in [0.15, 0.2) is 24.3 Å². The molecule has 0 radical (unpaired) electrons. The number of hydrogen-bond donors (Lipinski definition) is 0. The van der Waals surface area contributed by atoms with Gasteiger partial charge < -0.3 is 9.80 Å². The lowest BCUT2D eigenvalue weighted by molar-refractivity contribution is -0.136. The number of nitrogens with zero attached hydrogens (tertiary/aromatic N) is 3. The van der Waals surface area contributed by atoms with Crippen LogP contribution in [-0.2, 0) is 11.2 Å². The van der Waals surface area contributed by atoms with E-state index in [2.05, 4.69) is 6.07 Å². The van der Waals surface area contributed by atoms with Crippen LogP contribution < -0.4 is 0 Å². The Labute approximate surface area is 162 Å². The fraction of sp³-hybridized carbons (Fsp3) is 0.571. The van der Waals surface area contributed by atoms with Gasteiger partial charge in [0.15, 0.2) is 0 Å². The number of rotatable bonds is 5. The third-order valence-electron chi connectivity index (χ3n) is 6.18. The molecule has 0 spiro atoms. The summed E-state index contributed by atoms with van der Waals surface area (Å²) < 4.78 is 26.1. The fourth-order valence-electron chi connectivity index (χ4n) is 4.57. The van der Waals surface area contributed by atoms with Crippen molar-refractivity contribution in [2.45, 2.75) is 56.5 Å². The second kappa shape index (κ2) is 7.16. The number of carbonyl (C=O) groups excluding carboxylic acids is 2. The van der Waals surface area contributed by atoms with E-state index in [0.29, 0.717) is 18.7 Å². The van der Waals surface area contributed by atoms with E-state index in [9.17, 15) is 18.4 Å². The molecule has 148 valence electrons. The Morgan fingerprint density at radius 3 is 2.50 bits per heavy atom. The van der Waals surface area contributed by atoms with E-state index < -0.39 is 11.8 Å². The van der Waals surface area contributed by atoms with Crippen molar-refractivity contribution in [3.8, 4) is 6.07 Å². The van der Waals surface area contributed by atoms with Crippen LogP contribution in [0, 0.1) is 17.2 Å². The van der Waals surface area contributed by atoms with Crippen LogP contribution in [0.3, 0.4) is 0 Å². The fourth-order valence-corrected chi connectivity index (χ4v) is 4.57. The Bertz CT molecular complexity index is 821. The van der Waals surface area contributed by atoms with Gasteiger partial charge in [-0.2, -0.15) is 5.26 Å². The number of alkyl halides is 2. The van der Waals surface area contributed by atoms with Gasteiger partial charge in [0, 0.05) is 49.5 Å². The summed E-state index contributed by atoms with van der Waals surface area (Å²) in [5, 5.41) is 8.84. The maximum absolute atomic E-state index is 13.0. The first-order chi connectivity index (χ1) is 13.4. The second-order valence-corrected chi connectivity index (χ2v) is 8.13. The monoisotopic (exact) mass is 387 g/mol. The molecule has 1 saturated carbocycles. The number of carbonyl (C=O) groups is 2. The van der Waals surface area contributed by atoms with Crippen LogP contribution in [-0.4, -0.2) is 52.7 Å². The molecular formula is C21H23F2N3O2. The van der Waals surface area contributed by atoms with E-state index in [1.54, 1.807) is 23.1 Å². The summed E-state index contributed by atoms with van der Waals surface area (Å²) in [4.78, 5) is 29.1. The van der Waals surface area contributed by atoms with Gasteiger partial charge in [-0.15, -0.1) is 0 Å². The standard InChI is InChI=1S/C21H23F2N3O2/c22-21(23)11-16(21)4-7-19(27)26-17-5-6-18(26)13-25(12-17)20(28)15-3-1-2-14(10-15)8-9-24/h1-3,10,16-18H,4-8,11-13H2. The molecule has 5 nitrogen and oxygen atoms in total. The average Bonchev–Trinajstić information content (AvgIpc) is 3.20. The molecule has 0 aromatic heterocycles. The van der Waals surface area contributed by atoms with Crippen LogP contribution >= 0.6 is 0 Å². The van der Waals surface area contributed by atoms with Crippen LogP contribution in [0.1, 0.15) is 48.0 Å². The van der Waals surface area contributed by atoms with Gasteiger partial charge in [-0.05, 0) is 37.0 Å². The van der Waals surface area contributed by atoms with Gasteiger partial charge in [-0.25, -0.2) is 8.78 Å². The molecule has 3 fully saturated rings. The number of piperazine rings is 1. The molecule has 3 aliphatic rings. The maximum atomic E-state index is 13.0. The largest absolute Gasteiger partial charge is 0.335 e. The van der Waals surface area contributed by atoms with E-state index in [0.717, 1.165) is 18.4 Å². The van der Waals surface area contributed by atoms with Crippen LogP contribution in [0.5, 0.6) is 0 Å². The van der Waals surface area contributed by atoms with Crippen molar-refractivity contribution in [2.75, 3.05) is 13.1 Å². The zero-order valence-corrected chi connectivity index (χ0v) is 15.6. The van der Waals surface area contributed by atoms with Crippen molar-refractivity contribution in [1.82, 2.24) is 9.80 Å². The van der Waals surface area contributed by atoms with Crippen LogP contribution in [0.25, 0.3) is 0 Å². The predicted octanol–water partition coefficient (Wildman–Crippen LogP) is 3.00. The number of benzene rings is 1. The Balaban J connectivity index is 1.38. The number of nitriles is 1. The Morgan fingerprint density at radius 1 is 1.21 bits per heavy atom. The molecule has 2 heterocycles. The van der Waals surface area contributed by atoms with E-state index in [1.807, 2.05) is 11.0 Å². The molecule has 2 amide bonds. The smallest absolute Gasteiger partial charge is 0.254 e.